The zero-order chi connectivity index (χ0) is 9.56. The van der Waals surface area contributed by atoms with Gasteiger partial charge < -0.3 is 5.48 Å². The third-order valence-electron chi connectivity index (χ3n) is 1.55. The van der Waals surface area contributed by atoms with Gasteiger partial charge in [0.25, 0.3) is 0 Å². The molecule has 0 aliphatic heterocycles. The number of Topliss-reactive ketones (excluding diaryl/α,β-unsaturated/α-hetero) is 1. The number of rotatable bonds is 6. The highest BCUT2D eigenvalue weighted by molar-refractivity contribution is 5.83. The van der Waals surface area contributed by atoms with E-state index in [0.29, 0.717) is 0 Å². The van der Waals surface area contributed by atoms with Crippen molar-refractivity contribution in [3.05, 3.63) is 0 Å². The molecular weight excluding hydrogens is 192 g/mol. The Hall–Kier alpha value is -0.650. The largest absolute Gasteiger partial charge is 0.412 e. The van der Waals surface area contributed by atoms with Crippen molar-refractivity contribution in [1.82, 2.24) is 0 Å². The van der Waals surface area contributed by atoms with Gasteiger partial charge in [-0.05, 0) is 0 Å². The monoisotopic (exact) mass is 204 g/mol. The van der Waals surface area contributed by atoms with Gasteiger partial charge in [0.05, 0.1) is 11.8 Å². The summed E-state index contributed by atoms with van der Waals surface area (Å²) in [7, 11) is 0. The predicted molar refractivity (Wildman–Crippen MR) is 39.5 cm³/mol. The van der Waals surface area contributed by atoms with Crippen molar-refractivity contribution in [3.8, 4) is 0 Å². The highest BCUT2D eigenvalue weighted by Gasteiger charge is 2.26. The van der Waals surface area contributed by atoms with Crippen LogP contribution in [0.15, 0.2) is 0 Å². The van der Waals surface area contributed by atoms with Crippen molar-refractivity contribution in [2.45, 2.75) is 0 Å². The molecular formula is C7H12F4O2. The lowest BCUT2D eigenvalue weighted by molar-refractivity contribution is -0.128. The summed E-state index contributed by atoms with van der Waals surface area (Å²) in [5.41, 5.74) is 0. The summed E-state index contributed by atoms with van der Waals surface area (Å²) >= 11 is 0. The zero-order valence-electron chi connectivity index (χ0n) is 6.90. The number of carbonyl (C=O) groups is 1. The average Bonchev–Trinajstić information content (AvgIpc) is 2.09. The molecule has 0 aromatic carbocycles. The first-order valence-corrected chi connectivity index (χ1v) is 3.48. The molecule has 0 aromatic rings. The van der Waals surface area contributed by atoms with Crippen molar-refractivity contribution < 1.29 is 27.8 Å². The number of hydrogen-bond acceptors (Lipinski definition) is 1. The fraction of sp³-hybridized carbons (Fsp3) is 0.857. The molecule has 80 valence electrons. The molecule has 0 unspecified atom stereocenters. The summed E-state index contributed by atoms with van der Waals surface area (Å²) in [5, 5.41) is 0. The van der Waals surface area contributed by atoms with Crippen LogP contribution in [-0.2, 0) is 4.79 Å². The van der Waals surface area contributed by atoms with Gasteiger partial charge in [-0.15, -0.1) is 0 Å². The zero-order valence-corrected chi connectivity index (χ0v) is 6.90. The molecule has 0 spiro atoms. The third-order valence-corrected chi connectivity index (χ3v) is 1.55. The highest BCUT2D eigenvalue weighted by Crippen LogP contribution is 2.11. The lowest BCUT2D eigenvalue weighted by Crippen LogP contribution is -2.29. The fourth-order valence-electron chi connectivity index (χ4n) is 0.720. The van der Waals surface area contributed by atoms with E-state index in [0.717, 1.165) is 0 Å². The number of halogens is 4. The van der Waals surface area contributed by atoms with Crippen LogP contribution in [0.3, 0.4) is 0 Å². The van der Waals surface area contributed by atoms with Crippen molar-refractivity contribution in [1.29, 1.82) is 0 Å². The average molecular weight is 204 g/mol. The van der Waals surface area contributed by atoms with E-state index in [1.165, 1.54) is 0 Å². The van der Waals surface area contributed by atoms with Gasteiger partial charge in [0, 0.05) is 0 Å². The maximum absolute atomic E-state index is 11.8. The van der Waals surface area contributed by atoms with Gasteiger partial charge >= 0.3 is 0 Å². The Labute approximate surface area is 73.2 Å². The van der Waals surface area contributed by atoms with E-state index in [2.05, 4.69) is 0 Å². The van der Waals surface area contributed by atoms with E-state index in [-0.39, 0.29) is 5.48 Å². The third kappa shape index (κ3) is 4.21. The molecule has 0 atom stereocenters. The molecule has 2 nitrogen and oxygen atoms in total. The molecule has 13 heavy (non-hydrogen) atoms. The molecule has 0 radical (unpaired) electrons. The Bertz CT molecular complexity index is 120. The van der Waals surface area contributed by atoms with Crippen molar-refractivity contribution in [3.63, 3.8) is 0 Å². The summed E-state index contributed by atoms with van der Waals surface area (Å²) in [6.45, 7) is -4.81. The van der Waals surface area contributed by atoms with Crippen LogP contribution in [0.5, 0.6) is 0 Å². The number of ketones is 1. The first kappa shape index (κ1) is 14.9. The summed E-state index contributed by atoms with van der Waals surface area (Å²) in [5.74, 6) is -4.01. The maximum atomic E-state index is 11.8. The Morgan fingerprint density at radius 3 is 1.23 bits per heavy atom. The Kier molecular flexibility index (Phi) is 9.11. The van der Waals surface area contributed by atoms with E-state index in [1.807, 2.05) is 0 Å². The molecule has 0 saturated carbocycles. The smallest absolute Gasteiger partial charge is 0.149 e. The molecule has 0 aliphatic rings. The first-order valence-electron chi connectivity index (χ1n) is 3.48. The fourth-order valence-corrected chi connectivity index (χ4v) is 0.720. The molecule has 0 heterocycles. The number of alkyl halides is 4. The lowest BCUT2D eigenvalue weighted by Gasteiger charge is -2.12. The highest BCUT2D eigenvalue weighted by atomic mass is 19.1. The van der Waals surface area contributed by atoms with Gasteiger partial charge in [-0.1, -0.05) is 0 Å². The second-order valence-electron chi connectivity index (χ2n) is 2.41. The van der Waals surface area contributed by atoms with E-state index in [1.54, 1.807) is 0 Å². The van der Waals surface area contributed by atoms with Crippen LogP contribution >= 0.6 is 0 Å². The van der Waals surface area contributed by atoms with Gasteiger partial charge in [0.15, 0.2) is 0 Å². The van der Waals surface area contributed by atoms with Gasteiger partial charge in [0.2, 0.25) is 0 Å². The molecule has 0 fully saturated rings. The van der Waals surface area contributed by atoms with Crippen LogP contribution < -0.4 is 0 Å². The number of carbonyl (C=O) groups excluding carboxylic acids is 1. The van der Waals surface area contributed by atoms with Crippen LogP contribution in [0.2, 0.25) is 0 Å². The molecule has 0 aliphatic carbocycles. The Morgan fingerprint density at radius 2 is 1.08 bits per heavy atom. The minimum atomic E-state index is -1.50. The van der Waals surface area contributed by atoms with Crippen LogP contribution in [0, 0.1) is 11.8 Å². The Morgan fingerprint density at radius 1 is 0.846 bits per heavy atom. The van der Waals surface area contributed by atoms with Crippen molar-refractivity contribution >= 4 is 5.78 Å². The van der Waals surface area contributed by atoms with Crippen LogP contribution in [0.25, 0.3) is 0 Å². The van der Waals surface area contributed by atoms with Gasteiger partial charge in [-0.2, -0.15) is 0 Å². The van der Waals surface area contributed by atoms with E-state index in [4.69, 9.17) is 0 Å². The van der Waals surface area contributed by atoms with Crippen LogP contribution in [0.1, 0.15) is 0 Å². The molecule has 0 rings (SSSR count). The molecule has 6 heteroatoms. The first-order chi connectivity index (χ1) is 5.71. The van der Waals surface area contributed by atoms with Crippen molar-refractivity contribution in [2.24, 2.45) is 11.8 Å². The molecule has 2 N–H and O–H groups in total. The maximum Gasteiger partial charge on any atom is 0.149 e. The summed E-state index contributed by atoms with van der Waals surface area (Å²) in [6, 6.07) is 0. The molecule has 0 amide bonds. The normalized spacial score (nSPS) is 10.3. The quantitative estimate of drug-likeness (QED) is 0.591. The second-order valence-corrected chi connectivity index (χ2v) is 2.41. The number of hydrogen-bond donors (Lipinski definition) is 0. The second kappa shape index (κ2) is 7.97. The minimum Gasteiger partial charge on any atom is -0.412 e. The topological polar surface area (TPSA) is 48.6 Å². The summed E-state index contributed by atoms with van der Waals surface area (Å²) in [4.78, 5) is 10.8. The van der Waals surface area contributed by atoms with E-state index >= 15 is 0 Å². The Balaban J connectivity index is 0. The van der Waals surface area contributed by atoms with Crippen LogP contribution in [-0.4, -0.2) is 38.0 Å². The van der Waals surface area contributed by atoms with E-state index < -0.39 is 44.3 Å². The van der Waals surface area contributed by atoms with Gasteiger partial charge in [-0.25, -0.2) is 0 Å². The minimum absolute atomic E-state index is 0. The summed E-state index contributed by atoms with van der Waals surface area (Å²) in [6.07, 6.45) is 0. The lowest BCUT2D eigenvalue weighted by atomic mass is 9.96. The molecule has 0 saturated heterocycles. The molecule has 0 aromatic heterocycles. The van der Waals surface area contributed by atoms with Gasteiger partial charge in [-0.3, -0.25) is 22.4 Å². The standard InChI is InChI=1S/C7H10F4O.H2O/c8-1-5(2-9)7(12)6(3-10)4-11;/h5-6H,1-4H2;1H2. The molecule has 0 bridgehead atoms. The van der Waals surface area contributed by atoms with Crippen LogP contribution in [0.4, 0.5) is 17.6 Å². The van der Waals surface area contributed by atoms with Gasteiger partial charge in [0.1, 0.15) is 32.5 Å². The SMILES string of the molecule is O.O=C(C(CF)CF)C(CF)CF. The van der Waals surface area contributed by atoms with Crippen molar-refractivity contribution in [2.75, 3.05) is 26.7 Å². The predicted octanol–water partition coefficient (Wildman–Crippen LogP) is 0.841. The van der Waals surface area contributed by atoms with E-state index in [9.17, 15) is 22.4 Å². The summed E-state index contributed by atoms with van der Waals surface area (Å²) < 4.78 is 47.3.